The van der Waals surface area contributed by atoms with Crippen molar-refractivity contribution in [1.82, 2.24) is 0 Å². The fraction of sp³-hybridized carbons (Fsp3) is 0.0526. The standard InChI is InChI=1S/C19H17N/c1-2-5-14-8-10-16(11-9-14)18-13-12-15-6-3-4-7-17(15)19(18)20/h2-4,6-13H,1,5,20H2. The molecule has 0 saturated carbocycles. The molecule has 0 unspecified atom stereocenters. The molecule has 0 fully saturated rings. The van der Waals surface area contributed by atoms with E-state index in [9.17, 15) is 0 Å². The Kier molecular flexibility index (Phi) is 3.26. The lowest BCUT2D eigenvalue weighted by molar-refractivity contribution is 1.28. The normalized spacial score (nSPS) is 10.6. The van der Waals surface area contributed by atoms with E-state index in [0.29, 0.717) is 0 Å². The molecule has 1 nitrogen and oxygen atoms in total. The number of hydrogen-bond donors (Lipinski definition) is 1. The molecule has 0 saturated heterocycles. The Balaban J connectivity index is 2.09. The van der Waals surface area contributed by atoms with Crippen molar-refractivity contribution < 1.29 is 0 Å². The van der Waals surface area contributed by atoms with Crippen LogP contribution in [-0.4, -0.2) is 0 Å². The number of nitrogens with two attached hydrogens (primary N) is 1. The van der Waals surface area contributed by atoms with Gasteiger partial charge in [0.2, 0.25) is 0 Å². The SMILES string of the molecule is C=CCc1ccc(-c2ccc3ccccc3c2N)cc1. The van der Waals surface area contributed by atoms with E-state index in [-0.39, 0.29) is 0 Å². The average molecular weight is 259 g/mol. The van der Waals surface area contributed by atoms with Crippen LogP contribution >= 0.6 is 0 Å². The van der Waals surface area contributed by atoms with Gasteiger partial charge in [-0.1, -0.05) is 66.7 Å². The number of allylic oxidation sites excluding steroid dienone is 1. The van der Waals surface area contributed by atoms with Crippen molar-refractivity contribution in [2.75, 3.05) is 5.73 Å². The molecule has 0 bridgehead atoms. The van der Waals surface area contributed by atoms with Gasteiger partial charge in [-0.15, -0.1) is 6.58 Å². The summed E-state index contributed by atoms with van der Waals surface area (Å²) in [6.45, 7) is 3.76. The lowest BCUT2D eigenvalue weighted by Gasteiger charge is -2.10. The van der Waals surface area contributed by atoms with Crippen molar-refractivity contribution in [3.63, 3.8) is 0 Å². The molecular weight excluding hydrogens is 242 g/mol. The Hall–Kier alpha value is -2.54. The molecule has 20 heavy (non-hydrogen) atoms. The summed E-state index contributed by atoms with van der Waals surface area (Å²) in [5.41, 5.74) is 10.7. The maximum atomic E-state index is 6.33. The molecule has 0 aliphatic rings. The molecule has 0 heterocycles. The van der Waals surface area contributed by atoms with Crippen LogP contribution in [0.1, 0.15) is 5.56 Å². The molecule has 0 atom stereocenters. The maximum absolute atomic E-state index is 6.33. The Bertz CT molecular complexity index is 754. The van der Waals surface area contributed by atoms with Gasteiger partial charge in [-0.05, 0) is 22.9 Å². The second kappa shape index (κ2) is 5.22. The lowest BCUT2D eigenvalue weighted by atomic mass is 9.97. The van der Waals surface area contributed by atoms with Gasteiger partial charge in [-0.2, -0.15) is 0 Å². The first-order chi connectivity index (χ1) is 9.79. The molecule has 98 valence electrons. The predicted octanol–water partition coefficient (Wildman–Crippen LogP) is 4.82. The summed E-state index contributed by atoms with van der Waals surface area (Å²) in [4.78, 5) is 0. The minimum Gasteiger partial charge on any atom is -0.398 e. The minimum absolute atomic E-state index is 0.847. The number of fused-ring (bicyclic) bond motifs is 1. The quantitative estimate of drug-likeness (QED) is 0.529. The fourth-order valence-corrected chi connectivity index (χ4v) is 2.53. The van der Waals surface area contributed by atoms with Crippen molar-refractivity contribution in [2.24, 2.45) is 0 Å². The second-order valence-electron chi connectivity index (χ2n) is 4.94. The van der Waals surface area contributed by atoms with E-state index >= 15 is 0 Å². The Morgan fingerprint density at radius 3 is 2.40 bits per heavy atom. The van der Waals surface area contributed by atoms with Gasteiger partial charge in [0, 0.05) is 16.6 Å². The van der Waals surface area contributed by atoms with Crippen LogP contribution in [0.5, 0.6) is 0 Å². The molecule has 0 amide bonds. The van der Waals surface area contributed by atoms with Crippen molar-refractivity contribution in [3.05, 3.63) is 78.9 Å². The Labute approximate surface area is 119 Å². The summed E-state index contributed by atoms with van der Waals surface area (Å²) < 4.78 is 0. The van der Waals surface area contributed by atoms with Crippen molar-refractivity contribution in [2.45, 2.75) is 6.42 Å². The van der Waals surface area contributed by atoms with Crippen LogP contribution in [0.3, 0.4) is 0 Å². The van der Waals surface area contributed by atoms with Gasteiger partial charge < -0.3 is 5.73 Å². The largest absolute Gasteiger partial charge is 0.398 e. The Morgan fingerprint density at radius 1 is 0.900 bits per heavy atom. The second-order valence-corrected chi connectivity index (χ2v) is 4.94. The van der Waals surface area contributed by atoms with Gasteiger partial charge in [-0.3, -0.25) is 0 Å². The summed E-state index contributed by atoms with van der Waals surface area (Å²) in [7, 11) is 0. The van der Waals surface area contributed by atoms with E-state index in [1.54, 1.807) is 0 Å². The third-order valence-electron chi connectivity index (χ3n) is 3.62. The fourth-order valence-electron chi connectivity index (χ4n) is 2.53. The number of hydrogen-bond acceptors (Lipinski definition) is 1. The first kappa shape index (κ1) is 12.5. The average Bonchev–Trinajstić information content (AvgIpc) is 2.49. The minimum atomic E-state index is 0.847. The number of anilines is 1. The van der Waals surface area contributed by atoms with Gasteiger partial charge in [0.25, 0.3) is 0 Å². The molecule has 3 aromatic rings. The van der Waals surface area contributed by atoms with Gasteiger partial charge in [-0.25, -0.2) is 0 Å². The molecule has 0 aliphatic heterocycles. The highest BCUT2D eigenvalue weighted by molar-refractivity contribution is 6.00. The van der Waals surface area contributed by atoms with Crippen LogP contribution in [0.4, 0.5) is 5.69 Å². The van der Waals surface area contributed by atoms with Crippen molar-refractivity contribution in [3.8, 4) is 11.1 Å². The van der Waals surface area contributed by atoms with Crippen molar-refractivity contribution >= 4 is 16.5 Å². The van der Waals surface area contributed by atoms with Crippen LogP contribution in [0.15, 0.2) is 73.3 Å². The van der Waals surface area contributed by atoms with Crippen LogP contribution in [-0.2, 0) is 6.42 Å². The van der Waals surface area contributed by atoms with E-state index in [4.69, 9.17) is 5.73 Å². The third-order valence-corrected chi connectivity index (χ3v) is 3.62. The molecule has 0 aliphatic carbocycles. The first-order valence-electron chi connectivity index (χ1n) is 6.77. The van der Waals surface area contributed by atoms with E-state index in [2.05, 4.69) is 55.1 Å². The first-order valence-corrected chi connectivity index (χ1v) is 6.77. The van der Waals surface area contributed by atoms with Crippen LogP contribution < -0.4 is 5.73 Å². The van der Waals surface area contributed by atoms with Crippen LogP contribution in [0, 0.1) is 0 Å². The monoisotopic (exact) mass is 259 g/mol. The number of rotatable bonds is 3. The van der Waals surface area contributed by atoms with E-state index in [0.717, 1.165) is 28.6 Å². The molecule has 0 spiro atoms. The Morgan fingerprint density at radius 2 is 1.65 bits per heavy atom. The highest BCUT2D eigenvalue weighted by Crippen LogP contribution is 2.32. The van der Waals surface area contributed by atoms with Gasteiger partial charge in [0.15, 0.2) is 0 Å². The highest BCUT2D eigenvalue weighted by Gasteiger charge is 2.06. The maximum Gasteiger partial charge on any atom is 0.0473 e. The summed E-state index contributed by atoms with van der Waals surface area (Å²) in [5.74, 6) is 0. The summed E-state index contributed by atoms with van der Waals surface area (Å²) in [5, 5.41) is 2.29. The summed E-state index contributed by atoms with van der Waals surface area (Å²) >= 11 is 0. The summed E-state index contributed by atoms with van der Waals surface area (Å²) in [6, 6.07) is 20.9. The lowest BCUT2D eigenvalue weighted by Crippen LogP contribution is -1.92. The topological polar surface area (TPSA) is 26.0 Å². The third kappa shape index (κ3) is 2.19. The van der Waals surface area contributed by atoms with Crippen molar-refractivity contribution in [1.29, 1.82) is 0 Å². The zero-order valence-electron chi connectivity index (χ0n) is 11.3. The van der Waals surface area contributed by atoms with Gasteiger partial charge in [0.05, 0.1) is 0 Å². The molecular formula is C19H17N. The smallest absolute Gasteiger partial charge is 0.0473 e. The number of nitrogen functional groups attached to an aromatic ring is 1. The molecule has 3 rings (SSSR count). The zero-order chi connectivity index (χ0) is 13.9. The molecule has 2 N–H and O–H groups in total. The van der Waals surface area contributed by atoms with E-state index < -0.39 is 0 Å². The molecule has 0 radical (unpaired) electrons. The van der Waals surface area contributed by atoms with Gasteiger partial charge in [0.1, 0.15) is 0 Å². The van der Waals surface area contributed by atoms with Crippen LogP contribution in [0.25, 0.3) is 21.9 Å². The summed E-state index contributed by atoms with van der Waals surface area (Å²) in [6.07, 6.45) is 2.81. The molecule has 0 aromatic heterocycles. The van der Waals surface area contributed by atoms with E-state index in [1.807, 2.05) is 18.2 Å². The number of benzene rings is 3. The van der Waals surface area contributed by atoms with Crippen LogP contribution in [0.2, 0.25) is 0 Å². The predicted molar refractivity (Wildman–Crippen MR) is 87.7 cm³/mol. The van der Waals surface area contributed by atoms with Gasteiger partial charge >= 0.3 is 0 Å². The molecule has 1 heteroatoms. The highest BCUT2D eigenvalue weighted by atomic mass is 14.6. The van der Waals surface area contributed by atoms with E-state index in [1.165, 1.54) is 10.9 Å². The zero-order valence-corrected chi connectivity index (χ0v) is 11.3. The molecule has 3 aromatic carbocycles.